The molecule has 0 saturated carbocycles. The maximum absolute atomic E-state index is 3.96. The zero-order valence-electron chi connectivity index (χ0n) is 23.7. The molecule has 4 heteroatoms. The molecule has 0 radical (unpaired) electrons. The molecule has 4 aromatic carbocycles. The van der Waals surface area contributed by atoms with Crippen molar-refractivity contribution in [1.29, 1.82) is 0 Å². The van der Waals surface area contributed by atoms with Gasteiger partial charge in [-0.3, -0.25) is 0 Å². The van der Waals surface area contributed by atoms with Gasteiger partial charge in [0.1, 0.15) is 0 Å². The lowest BCUT2D eigenvalue weighted by Gasteiger charge is -2.34. The van der Waals surface area contributed by atoms with Gasteiger partial charge in [-0.15, -0.1) is 23.1 Å². The number of nitrogens with one attached hydrogen (secondary N) is 2. The minimum atomic E-state index is 0.0622. The van der Waals surface area contributed by atoms with Gasteiger partial charge in [-0.05, 0) is 66.1 Å². The van der Waals surface area contributed by atoms with Crippen LogP contribution < -0.4 is 10.6 Å². The Balaban J connectivity index is 1.17. The molecular formula is C38H32N2S2. The standard InChI is InChI=1S/C38H32N2S2/c1-24-30(25-11-4-3-5-12-25)21-27(40-32-15-10-18-36-37(32)29-14-7-8-16-34(29)41-36)23-33(24)39-26-19-20-38(2)31(22-26)28-13-6-9-17-35(28)42-38/h3-24,31,33,39-40H,1-2H3. The number of thiophene rings is 1. The van der Waals surface area contributed by atoms with Crippen LogP contribution >= 0.6 is 23.1 Å². The Labute approximate surface area is 255 Å². The molecule has 206 valence electrons. The molecule has 42 heavy (non-hydrogen) atoms. The smallest absolute Gasteiger partial charge is 0.0533 e. The van der Waals surface area contributed by atoms with E-state index in [4.69, 9.17) is 0 Å². The zero-order valence-corrected chi connectivity index (χ0v) is 25.3. The van der Waals surface area contributed by atoms with Crippen LogP contribution in [0, 0.1) is 5.92 Å². The van der Waals surface area contributed by atoms with Crippen LogP contribution in [0.5, 0.6) is 0 Å². The minimum Gasteiger partial charge on any atom is -0.378 e. The predicted octanol–water partition coefficient (Wildman–Crippen LogP) is 10.1. The highest BCUT2D eigenvalue weighted by Gasteiger charge is 2.42. The average Bonchev–Trinajstić information content (AvgIpc) is 3.54. The molecule has 0 saturated heterocycles. The first-order valence-electron chi connectivity index (χ1n) is 14.7. The van der Waals surface area contributed by atoms with Gasteiger partial charge in [0.25, 0.3) is 0 Å². The van der Waals surface area contributed by atoms with Crippen LogP contribution in [0.3, 0.4) is 0 Å². The summed E-state index contributed by atoms with van der Waals surface area (Å²) in [7, 11) is 0. The summed E-state index contributed by atoms with van der Waals surface area (Å²) in [4.78, 5) is 1.40. The van der Waals surface area contributed by atoms with Crippen molar-refractivity contribution in [3.05, 3.63) is 150 Å². The van der Waals surface area contributed by atoms with Crippen molar-refractivity contribution in [2.75, 3.05) is 5.32 Å². The van der Waals surface area contributed by atoms with Gasteiger partial charge in [-0.25, -0.2) is 0 Å². The first-order chi connectivity index (χ1) is 20.6. The van der Waals surface area contributed by atoms with Crippen LogP contribution in [-0.4, -0.2) is 10.8 Å². The number of benzene rings is 4. The van der Waals surface area contributed by atoms with Gasteiger partial charge in [0.2, 0.25) is 0 Å². The van der Waals surface area contributed by atoms with Crippen molar-refractivity contribution in [3.63, 3.8) is 0 Å². The third-order valence-electron chi connectivity index (χ3n) is 8.96. The Bertz CT molecular complexity index is 1960. The van der Waals surface area contributed by atoms with Gasteiger partial charge in [0, 0.05) is 58.7 Å². The molecule has 0 amide bonds. The van der Waals surface area contributed by atoms with Gasteiger partial charge in [-0.2, -0.15) is 0 Å². The molecular weight excluding hydrogens is 549 g/mol. The number of thioether (sulfide) groups is 1. The molecule has 2 heterocycles. The molecule has 0 fully saturated rings. The summed E-state index contributed by atoms with van der Waals surface area (Å²) in [5, 5.41) is 10.4. The van der Waals surface area contributed by atoms with Gasteiger partial charge < -0.3 is 10.6 Å². The number of fused-ring (bicyclic) bond motifs is 6. The zero-order chi connectivity index (χ0) is 28.3. The Morgan fingerprint density at radius 2 is 1.55 bits per heavy atom. The highest BCUT2D eigenvalue weighted by molar-refractivity contribution is 8.01. The lowest BCUT2D eigenvalue weighted by molar-refractivity contribution is 0.549. The van der Waals surface area contributed by atoms with Crippen LogP contribution in [0.1, 0.15) is 30.9 Å². The lowest BCUT2D eigenvalue weighted by atomic mass is 9.81. The molecule has 2 N–H and O–H groups in total. The number of rotatable bonds is 5. The van der Waals surface area contributed by atoms with Crippen molar-refractivity contribution < 1.29 is 0 Å². The Morgan fingerprint density at radius 3 is 2.45 bits per heavy atom. The normalized spacial score (nSPS) is 24.5. The summed E-state index contributed by atoms with van der Waals surface area (Å²) in [6, 6.07) is 35.2. The predicted molar refractivity (Wildman–Crippen MR) is 182 cm³/mol. The van der Waals surface area contributed by atoms with Crippen LogP contribution in [0.15, 0.2) is 144 Å². The summed E-state index contributed by atoms with van der Waals surface area (Å²) in [5.74, 6) is 0.656. The molecule has 0 spiro atoms. The topological polar surface area (TPSA) is 24.1 Å². The second kappa shape index (κ2) is 10.1. The molecule has 2 aliphatic carbocycles. The number of allylic oxidation sites excluding steroid dienone is 3. The van der Waals surface area contributed by atoms with Crippen molar-refractivity contribution in [2.45, 2.75) is 35.4 Å². The minimum absolute atomic E-state index is 0.0622. The average molecular weight is 581 g/mol. The van der Waals surface area contributed by atoms with Crippen LogP contribution in [0.2, 0.25) is 0 Å². The first-order valence-corrected chi connectivity index (χ1v) is 16.3. The van der Waals surface area contributed by atoms with E-state index in [2.05, 4.69) is 152 Å². The second-order valence-corrected chi connectivity index (χ2v) is 14.3. The van der Waals surface area contributed by atoms with Gasteiger partial charge in [0.05, 0.1) is 6.04 Å². The van der Waals surface area contributed by atoms with Crippen molar-refractivity contribution in [2.24, 2.45) is 5.92 Å². The van der Waals surface area contributed by atoms with E-state index in [0.29, 0.717) is 11.8 Å². The van der Waals surface area contributed by atoms with Crippen LogP contribution in [0.4, 0.5) is 5.69 Å². The van der Waals surface area contributed by atoms with E-state index in [1.165, 1.54) is 47.5 Å². The van der Waals surface area contributed by atoms with Crippen LogP contribution in [0.25, 0.3) is 25.7 Å². The van der Waals surface area contributed by atoms with E-state index in [1.807, 2.05) is 23.1 Å². The van der Waals surface area contributed by atoms with E-state index in [1.54, 1.807) is 0 Å². The van der Waals surface area contributed by atoms with E-state index in [0.717, 1.165) is 11.4 Å². The summed E-state index contributed by atoms with van der Waals surface area (Å²) in [6.45, 7) is 4.71. The summed E-state index contributed by atoms with van der Waals surface area (Å²) < 4.78 is 2.69. The molecule has 8 rings (SSSR count). The van der Waals surface area contributed by atoms with E-state index in [-0.39, 0.29) is 10.8 Å². The SMILES string of the molecule is CC1C(c2ccccc2)=CC(Nc2cccc3sc4ccccc4c23)=CC1NC1=CC2c3ccccc3SC2(C)C=C1. The van der Waals surface area contributed by atoms with Crippen LogP contribution in [-0.2, 0) is 0 Å². The van der Waals surface area contributed by atoms with E-state index in [9.17, 15) is 0 Å². The van der Waals surface area contributed by atoms with Crippen molar-refractivity contribution in [3.8, 4) is 0 Å². The summed E-state index contributed by atoms with van der Waals surface area (Å²) >= 11 is 3.84. The number of anilines is 1. The third kappa shape index (κ3) is 4.33. The van der Waals surface area contributed by atoms with Crippen molar-refractivity contribution in [1.82, 2.24) is 5.32 Å². The molecule has 5 aromatic rings. The number of hydrogen-bond donors (Lipinski definition) is 2. The maximum Gasteiger partial charge on any atom is 0.0533 e. The fourth-order valence-electron chi connectivity index (χ4n) is 6.75. The molecule has 1 aromatic heterocycles. The van der Waals surface area contributed by atoms with Gasteiger partial charge in [-0.1, -0.05) is 91.9 Å². The Kier molecular flexibility index (Phi) is 6.17. The highest BCUT2D eigenvalue weighted by Crippen LogP contribution is 2.56. The fourth-order valence-corrected chi connectivity index (χ4v) is 9.27. The quantitative estimate of drug-likeness (QED) is 0.216. The molecule has 4 atom stereocenters. The van der Waals surface area contributed by atoms with Gasteiger partial charge in [0.15, 0.2) is 0 Å². The number of hydrogen-bond acceptors (Lipinski definition) is 4. The monoisotopic (exact) mass is 580 g/mol. The van der Waals surface area contributed by atoms with E-state index < -0.39 is 0 Å². The molecule has 4 unspecified atom stereocenters. The molecule has 3 aliphatic rings. The maximum atomic E-state index is 3.96. The second-order valence-electron chi connectivity index (χ2n) is 11.7. The lowest BCUT2D eigenvalue weighted by Crippen LogP contribution is -2.37. The molecule has 0 bridgehead atoms. The molecule has 2 nitrogen and oxygen atoms in total. The van der Waals surface area contributed by atoms with Crippen molar-refractivity contribution >= 4 is 54.5 Å². The third-order valence-corrected chi connectivity index (χ3v) is 11.5. The van der Waals surface area contributed by atoms with Gasteiger partial charge >= 0.3 is 0 Å². The summed E-state index contributed by atoms with van der Waals surface area (Å²) in [6.07, 6.45) is 11.9. The highest BCUT2D eigenvalue weighted by atomic mass is 32.2. The Morgan fingerprint density at radius 1 is 0.762 bits per heavy atom. The largest absolute Gasteiger partial charge is 0.378 e. The first kappa shape index (κ1) is 25.7. The van der Waals surface area contributed by atoms with E-state index >= 15 is 0 Å². The summed E-state index contributed by atoms with van der Waals surface area (Å²) in [5.41, 5.74) is 7.52. The molecule has 1 aliphatic heterocycles. The Hall–Kier alpha value is -3.99. The fraction of sp³-hybridized carbons (Fsp3) is 0.158.